The summed E-state index contributed by atoms with van der Waals surface area (Å²) >= 11 is 2.05. The second-order valence-electron chi connectivity index (χ2n) is 4.61. The smallest absolute Gasteiger partial charge is 0.146 e. The quantitative estimate of drug-likeness (QED) is 0.733. The van der Waals surface area contributed by atoms with Gasteiger partial charge in [-0.05, 0) is 31.4 Å². The molecule has 4 heteroatoms. The van der Waals surface area contributed by atoms with E-state index in [0.717, 1.165) is 6.54 Å². The first-order valence-corrected chi connectivity index (χ1v) is 6.95. The van der Waals surface area contributed by atoms with Crippen LogP contribution in [0.25, 0.3) is 0 Å². The van der Waals surface area contributed by atoms with Crippen LogP contribution >= 0.6 is 11.8 Å². The first kappa shape index (κ1) is 9.70. The number of thioether (sulfide) groups is 1. The molecule has 1 fully saturated rings. The molecular formula is C11H17N3S. The van der Waals surface area contributed by atoms with Crippen molar-refractivity contribution in [3.8, 4) is 0 Å². The summed E-state index contributed by atoms with van der Waals surface area (Å²) in [5.41, 5.74) is 0. The molecule has 0 radical (unpaired) electrons. The van der Waals surface area contributed by atoms with Crippen molar-refractivity contribution < 1.29 is 0 Å². The third-order valence-corrected chi connectivity index (χ3v) is 4.86. The lowest BCUT2D eigenvalue weighted by atomic mass is 10.0. The van der Waals surface area contributed by atoms with Crippen molar-refractivity contribution in [1.29, 1.82) is 0 Å². The zero-order valence-corrected chi connectivity index (χ0v) is 9.96. The minimum atomic E-state index is 0.603. The Morgan fingerprint density at radius 1 is 1.20 bits per heavy atom. The molecule has 2 atom stereocenters. The molecule has 3 rings (SSSR count). The first-order chi connectivity index (χ1) is 7.36. The van der Waals surface area contributed by atoms with Crippen LogP contribution < -0.4 is 0 Å². The maximum Gasteiger partial charge on any atom is 0.146 e. The highest BCUT2D eigenvalue weighted by atomic mass is 32.2. The molecule has 1 saturated heterocycles. The Hall–Kier alpha value is -0.510. The molecule has 2 unspecified atom stereocenters. The van der Waals surface area contributed by atoms with Crippen molar-refractivity contribution in [2.45, 2.75) is 50.3 Å². The van der Waals surface area contributed by atoms with Gasteiger partial charge in [0.1, 0.15) is 11.6 Å². The van der Waals surface area contributed by atoms with Crippen molar-refractivity contribution in [2.24, 2.45) is 0 Å². The van der Waals surface area contributed by atoms with E-state index in [-0.39, 0.29) is 0 Å². The van der Waals surface area contributed by atoms with Gasteiger partial charge in [-0.2, -0.15) is 11.8 Å². The van der Waals surface area contributed by atoms with Crippen LogP contribution in [-0.4, -0.2) is 20.5 Å². The summed E-state index contributed by atoms with van der Waals surface area (Å²) in [6.07, 6.45) is 5.19. The number of hydrogen-bond donors (Lipinski definition) is 0. The summed E-state index contributed by atoms with van der Waals surface area (Å²) in [5, 5.41) is 9.43. The van der Waals surface area contributed by atoms with Gasteiger partial charge >= 0.3 is 0 Å². The summed E-state index contributed by atoms with van der Waals surface area (Å²) < 4.78 is 2.39. The maximum absolute atomic E-state index is 4.42. The second-order valence-corrected chi connectivity index (χ2v) is 5.92. The van der Waals surface area contributed by atoms with Gasteiger partial charge < -0.3 is 4.57 Å². The Morgan fingerprint density at radius 2 is 2.07 bits per heavy atom. The van der Waals surface area contributed by atoms with E-state index in [1.54, 1.807) is 0 Å². The fraction of sp³-hybridized carbons (Fsp3) is 0.818. The predicted molar refractivity (Wildman–Crippen MR) is 62.1 cm³/mol. The van der Waals surface area contributed by atoms with E-state index in [9.17, 15) is 0 Å². The molecule has 3 heterocycles. The summed E-state index contributed by atoms with van der Waals surface area (Å²) in [6.45, 7) is 3.41. The van der Waals surface area contributed by atoms with Crippen LogP contribution in [0.2, 0.25) is 0 Å². The van der Waals surface area contributed by atoms with Gasteiger partial charge in [0.05, 0.1) is 5.25 Å². The van der Waals surface area contributed by atoms with Crippen LogP contribution in [0.1, 0.15) is 55.4 Å². The molecule has 15 heavy (non-hydrogen) atoms. The largest absolute Gasteiger partial charge is 0.314 e. The van der Waals surface area contributed by atoms with E-state index in [1.807, 2.05) is 0 Å². The van der Waals surface area contributed by atoms with Crippen LogP contribution in [0.15, 0.2) is 0 Å². The third kappa shape index (κ3) is 1.59. The average Bonchev–Trinajstić information content (AvgIpc) is 2.85. The molecule has 0 saturated carbocycles. The van der Waals surface area contributed by atoms with Crippen LogP contribution in [-0.2, 0) is 6.54 Å². The molecule has 82 valence electrons. The lowest BCUT2D eigenvalue weighted by Gasteiger charge is -2.21. The highest BCUT2D eigenvalue weighted by Gasteiger charge is 2.28. The summed E-state index contributed by atoms with van der Waals surface area (Å²) in [4.78, 5) is 0. The fourth-order valence-electron chi connectivity index (χ4n) is 2.63. The monoisotopic (exact) mass is 223 g/mol. The maximum atomic E-state index is 4.42. The third-order valence-electron chi connectivity index (χ3n) is 3.49. The van der Waals surface area contributed by atoms with Gasteiger partial charge in [-0.15, -0.1) is 10.2 Å². The number of rotatable bonds is 1. The van der Waals surface area contributed by atoms with Crippen molar-refractivity contribution in [3.63, 3.8) is 0 Å². The molecule has 3 nitrogen and oxygen atoms in total. The topological polar surface area (TPSA) is 30.7 Å². The number of aromatic nitrogens is 3. The van der Waals surface area contributed by atoms with Gasteiger partial charge in [-0.1, -0.05) is 6.92 Å². The minimum Gasteiger partial charge on any atom is -0.314 e. The first-order valence-electron chi connectivity index (χ1n) is 5.91. The van der Waals surface area contributed by atoms with E-state index >= 15 is 0 Å². The Labute approximate surface area is 94.7 Å². The van der Waals surface area contributed by atoms with Crippen molar-refractivity contribution in [1.82, 2.24) is 14.8 Å². The van der Waals surface area contributed by atoms with E-state index < -0.39 is 0 Å². The van der Waals surface area contributed by atoms with Crippen LogP contribution in [0.3, 0.4) is 0 Å². The van der Waals surface area contributed by atoms with Gasteiger partial charge in [-0.25, -0.2) is 0 Å². The van der Waals surface area contributed by atoms with Gasteiger partial charge in [0.2, 0.25) is 0 Å². The summed E-state index contributed by atoms with van der Waals surface area (Å²) in [6, 6.07) is 0. The van der Waals surface area contributed by atoms with Crippen molar-refractivity contribution in [2.75, 3.05) is 5.75 Å². The molecule has 2 aliphatic rings. The SMILES string of the molecule is CC1CCCn2c1nnc2C1CCCS1. The van der Waals surface area contributed by atoms with Gasteiger partial charge in [0, 0.05) is 12.5 Å². The molecule has 0 spiro atoms. The molecular weight excluding hydrogens is 206 g/mol. The van der Waals surface area contributed by atoms with E-state index in [4.69, 9.17) is 0 Å². The van der Waals surface area contributed by atoms with Gasteiger partial charge in [0.25, 0.3) is 0 Å². The minimum absolute atomic E-state index is 0.603. The highest BCUT2D eigenvalue weighted by Crippen LogP contribution is 2.40. The normalized spacial score (nSPS) is 30.5. The van der Waals surface area contributed by atoms with E-state index in [0.29, 0.717) is 11.2 Å². The van der Waals surface area contributed by atoms with Crippen LogP contribution in [0.5, 0.6) is 0 Å². The molecule has 0 aliphatic carbocycles. The Kier molecular flexibility index (Phi) is 2.47. The fourth-order valence-corrected chi connectivity index (χ4v) is 3.90. The van der Waals surface area contributed by atoms with Crippen molar-refractivity contribution >= 4 is 11.8 Å². The zero-order chi connectivity index (χ0) is 10.3. The zero-order valence-electron chi connectivity index (χ0n) is 9.15. The molecule has 1 aromatic rings. The molecule has 1 aromatic heterocycles. The molecule has 0 aromatic carbocycles. The highest BCUT2D eigenvalue weighted by molar-refractivity contribution is 7.99. The average molecular weight is 223 g/mol. The van der Waals surface area contributed by atoms with Crippen LogP contribution in [0, 0.1) is 0 Å². The molecule has 0 bridgehead atoms. The molecule has 0 N–H and O–H groups in total. The van der Waals surface area contributed by atoms with Gasteiger partial charge in [-0.3, -0.25) is 0 Å². The van der Waals surface area contributed by atoms with Crippen LogP contribution in [0.4, 0.5) is 0 Å². The van der Waals surface area contributed by atoms with E-state index in [2.05, 4.69) is 33.5 Å². The lowest BCUT2D eigenvalue weighted by Crippen LogP contribution is -2.16. The Morgan fingerprint density at radius 3 is 2.87 bits per heavy atom. The summed E-state index contributed by atoms with van der Waals surface area (Å²) in [5.74, 6) is 4.37. The second kappa shape index (κ2) is 3.81. The molecule has 2 aliphatic heterocycles. The predicted octanol–water partition coefficient (Wildman–Crippen LogP) is 2.74. The molecule has 0 amide bonds. The number of fused-ring (bicyclic) bond motifs is 1. The van der Waals surface area contributed by atoms with Crippen molar-refractivity contribution in [3.05, 3.63) is 11.6 Å². The standard InChI is InChI=1S/C11H17N3S/c1-8-4-2-6-14-10(8)12-13-11(14)9-5-3-7-15-9/h8-9H,2-7H2,1H3. The van der Waals surface area contributed by atoms with E-state index in [1.165, 1.54) is 43.1 Å². The Bertz CT molecular complexity index is 355. The number of nitrogens with zero attached hydrogens (tertiary/aromatic N) is 3. The lowest BCUT2D eigenvalue weighted by molar-refractivity contribution is 0.452. The summed E-state index contributed by atoms with van der Waals surface area (Å²) in [7, 11) is 0. The van der Waals surface area contributed by atoms with Gasteiger partial charge in [0.15, 0.2) is 0 Å². The Balaban J connectivity index is 1.95. The number of hydrogen-bond acceptors (Lipinski definition) is 3.